The predicted molar refractivity (Wildman–Crippen MR) is 123 cm³/mol. The van der Waals surface area contributed by atoms with Crippen LogP contribution in [0, 0.1) is 13.8 Å². The summed E-state index contributed by atoms with van der Waals surface area (Å²) >= 11 is 1.34. The van der Waals surface area contributed by atoms with Crippen LogP contribution >= 0.6 is 11.8 Å². The molecule has 1 aromatic heterocycles. The SMILES string of the molecule is Cc1cccc(C)c1OCc1nnc(SCC(=O)Nc2ccc3c(c2)OCO3)n1C(C)C. The summed E-state index contributed by atoms with van der Waals surface area (Å²) < 4.78 is 18.7. The molecule has 0 radical (unpaired) electrons. The Morgan fingerprint density at radius 2 is 1.91 bits per heavy atom. The van der Waals surface area contributed by atoms with Crippen molar-refractivity contribution in [3.8, 4) is 17.2 Å². The molecule has 1 amide bonds. The molecule has 0 fully saturated rings. The van der Waals surface area contributed by atoms with Crippen molar-refractivity contribution in [2.75, 3.05) is 17.9 Å². The van der Waals surface area contributed by atoms with Crippen LogP contribution in [0.15, 0.2) is 41.6 Å². The number of nitrogens with zero attached hydrogens (tertiary/aromatic N) is 3. The molecule has 9 heteroatoms. The maximum Gasteiger partial charge on any atom is 0.234 e. The maximum atomic E-state index is 12.5. The minimum absolute atomic E-state index is 0.126. The Hall–Kier alpha value is -3.20. The molecule has 0 aliphatic carbocycles. The number of rotatable bonds is 8. The van der Waals surface area contributed by atoms with E-state index in [1.54, 1.807) is 18.2 Å². The lowest BCUT2D eigenvalue weighted by Gasteiger charge is -2.15. The van der Waals surface area contributed by atoms with Crippen molar-refractivity contribution in [2.24, 2.45) is 0 Å². The fourth-order valence-electron chi connectivity index (χ4n) is 3.49. The van der Waals surface area contributed by atoms with Crippen molar-refractivity contribution >= 4 is 23.4 Å². The average Bonchev–Trinajstić information content (AvgIpc) is 3.38. The van der Waals surface area contributed by atoms with Crippen LogP contribution in [0.2, 0.25) is 0 Å². The number of ether oxygens (including phenoxy) is 3. The van der Waals surface area contributed by atoms with Gasteiger partial charge in [-0.25, -0.2) is 0 Å². The van der Waals surface area contributed by atoms with E-state index < -0.39 is 0 Å². The largest absolute Gasteiger partial charge is 0.485 e. The Morgan fingerprint density at radius 3 is 2.66 bits per heavy atom. The first kappa shape index (κ1) is 22.0. The molecule has 0 saturated carbocycles. The molecule has 4 rings (SSSR count). The lowest BCUT2D eigenvalue weighted by molar-refractivity contribution is -0.113. The molecule has 0 atom stereocenters. The van der Waals surface area contributed by atoms with Gasteiger partial charge in [-0.3, -0.25) is 4.79 Å². The first-order valence-electron chi connectivity index (χ1n) is 10.4. The van der Waals surface area contributed by atoms with E-state index in [2.05, 4.69) is 29.4 Å². The number of aryl methyl sites for hydroxylation is 2. The van der Waals surface area contributed by atoms with E-state index in [1.165, 1.54) is 11.8 Å². The van der Waals surface area contributed by atoms with Gasteiger partial charge in [0.05, 0.1) is 5.75 Å². The summed E-state index contributed by atoms with van der Waals surface area (Å²) in [6, 6.07) is 11.5. The Labute approximate surface area is 191 Å². The minimum atomic E-state index is -0.138. The summed E-state index contributed by atoms with van der Waals surface area (Å²) in [4.78, 5) is 12.5. The van der Waals surface area contributed by atoms with Gasteiger partial charge in [-0.1, -0.05) is 30.0 Å². The number of hydrogen-bond acceptors (Lipinski definition) is 7. The van der Waals surface area contributed by atoms with Crippen LogP contribution in [0.3, 0.4) is 0 Å². The van der Waals surface area contributed by atoms with Crippen LogP contribution in [0.4, 0.5) is 5.69 Å². The van der Waals surface area contributed by atoms with Gasteiger partial charge in [-0.2, -0.15) is 0 Å². The molecular formula is C23H26N4O4S. The van der Waals surface area contributed by atoms with Gasteiger partial charge in [-0.15, -0.1) is 10.2 Å². The Balaban J connectivity index is 1.39. The summed E-state index contributed by atoms with van der Waals surface area (Å²) in [6.45, 7) is 8.67. The molecule has 1 aliphatic rings. The second-order valence-corrected chi connectivity index (χ2v) is 8.72. The van der Waals surface area contributed by atoms with Crippen LogP contribution in [-0.2, 0) is 11.4 Å². The van der Waals surface area contributed by atoms with Crippen LogP contribution < -0.4 is 19.5 Å². The van der Waals surface area contributed by atoms with E-state index in [0.717, 1.165) is 22.7 Å². The quantitative estimate of drug-likeness (QED) is 0.501. The summed E-state index contributed by atoms with van der Waals surface area (Å²) in [7, 11) is 0. The number of carbonyl (C=O) groups is 1. The number of nitrogens with one attached hydrogen (secondary N) is 1. The third-order valence-corrected chi connectivity index (χ3v) is 5.94. The van der Waals surface area contributed by atoms with Gasteiger partial charge in [0.2, 0.25) is 12.7 Å². The molecule has 0 spiro atoms. The third kappa shape index (κ3) is 4.83. The van der Waals surface area contributed by atoms with E-state index >= 15 is 0 Å². The molecule has 0 unspecified atom stereocenters. The smallest absolute Gasteiger partial charge is 0.234 e. The summed E-state index contributed by atoms with van der Waals surface area (Å²) in [6.07, 6.45) is 0. The highest BCUT2D eigenvalue weighted by Gasteiger charge is 2.18. The van der Waals surface area contributed by atoms with Crippen LogP contribution in [-0.4, -0.2) is 33.2 Å². The fraction of sp³-hybridized carbons (Fsp3) is 0.348. The van der Waals surface area contributed by atoms with Crippen molar-refractivity contribution in [1.82, 2.24) is 14.8 Å². The number of hydrogen-bond donors (Lipinski definition) is 1. The Morgan fingerprint density at radius 1 is 1.16 bits per heavy atom. The molecule has 2 heterocycles. The number of amides is 1. The molecule has 2 aromatic carbocycles. The Bertz CT molecular complexity index is 1110. The summed E-state index contributed by atoms with van der Waals surface area (Å²) in [5, 5.41) is 12.2. The first-order chi connectivity index (χ1) is 15.4. The highest BCUT2D eigenvalue weighted by molar-refractivity contribution is 7.99. The summed E-state index contributed by atoms with van der Waals surface area (Å²) in [5.74, 6) is 2.96. The predicted octanol–water partition coefficient (Wildman–Crippen LogP) is 4.51. The number of para-hydroxylation sites is 1. The number of fused-ring (bicyclic) bond motifs is 1. The van der Waals surface area contributed by atoms with E-state index in [-0.39, 0.29) is 24.5 Å². The van der Waals surface area contributed by atoms with Crippen molar-refractivity contribution in [3.63, 3.8) is 0 Å². The molecular weight excluding hydrogens is 428 g/mol. The molecule has 3 aromatic rings. The zero-order valence-corrected chi connectivity index (χ0v) is 19.4. The van der Waals surface area contributed by atoms with Gasteiger partial charge in [0, 0.05) is 17.8 Å². The zero-order valence-electron chi connectivity index (χ0n) is 18.5. The lowest BCUT2D eigenvalue weighted by atomic mass is 10.1. The molecule has 0 saturated heterocycles. The molecule has 8 nitrogen and oxygen atoms in total. The molecule has 168 valence electrons. The minimum Gasteiger partial charge on any atom is -0.485 e. The van der Waals surface area contributed by atoms with Gasteiger partial charge in [0.25, 0.3) is 0 Å². The highest BCUT2D eigenvalue weighted by Crippen LogP contribution is 2.34. The second kappa shape index (κ2) is 9.52. The fourth-order valence-corrected chi connectivity index (χ4v) is 4.37. The van der Waals surface area contributed by atoms with Crippen LogP contribution in [0.5, 0.6) is 17.2 Å². The number of carbonyl (C=O) groups excluding carboxylic acids is 1. The molecule has 0 bridgehead atoms. The standard InChI is InChI=1S/C23H26N4O4S/c1-14(2)27-20(11-29-22-15(3)6-5-7-16(22)4)25-26-23(27)32-12-21(28)24-17-8-9-18-19(10-17)31-13-30-18/h5-10,14H,11-13H2,1-4H3,(H,24,28). The van der Waals surface area contributed by atoms with Crippen LogP contribution in [0.25, 0.3) is 0 Å². The zero-order chi connectivity index (χ0) is 22.7. The third-order valence-electron chi connectivity index (χ3n) is 4.99. The second-order valence-electron chi connectivity index (χ2n) is 7.78. The van der Waals surface area contributed by atoms with Crippen LogP contribution in [0.1, 0.15) is 36.8 Å². The van der Waals surface area contributed by atoms with E-state index in [0.29, 0.717) is 28.9 Å². The monoisotopic (exact) mass is 454 g/mol. The van der Waals surface area contributed by atoms with Crippen molar-refractivity contribution in [3.05, 3.63) is 53.3 Å². The Kier molecular flexibility index (Phi) is 6.55. The number of thioether (sulfide) groups is 1. The van der Waals surface area contributed by atoms with E-state index in [9.17, 15) is 4.79 Å². The maximum absolute atomic E-state index is 12.5. The lowest BCUT2D eigenvalue weighted by Crippen LogP contribution is -2.15. The molecule has 1 N–H and O–H groups in total. The number of benzene rings is 2. The molecule has 32 heavy (non-hydrogen) atoms. The van der Waals surface area contributed by atoms with Gasteiger partial charge in [0.15, 0.2) is 22.5 Å². The van der Waals surface area contributed by atoms with Gasteiger partial charge >= 0.3 is 0 Å². The van der Waals surface area contributed by atoms with E-state index in [1.807, 2.05) is 36.6 Å². The van der Waals surface area contributed by atoms with Gasteiger partial charge in [0.1, 0.15) is 12.4 Å². The highest BCUT2D eigenvalue weighted by atomic mass is 32.2. The normalized spacial score (nSPS) is 12.3. The number of anilines is 1. The van der Waals surface area contributed by atoms with Crippen molar-refractivity contribution in [2.45, 2.75) is 45.5 Å². The van der Waals surface area contributed by atoms with Gasteiger partial charge < -0.3 is 24.1 Å². The summed E-state index contributed by atoms with van der Waals surface area (Å²) in [5.41, 5.74) is 2.82. The number of aromatic nitrogens is 3. The van der Waals surface area contributed by atoms with E-state index in [4.69, 9.17) is 14.2 Å². The first-order valence-corrected chi connectivity index (χ1v) is 11.4. The van der Waals surface area contributed by atoms with Crippen molar-refractivity contribution in [1.29, 1.82) is 0 Å². The average molecular weight is 455 g/mol. The van der Waals surface area contributed by atoms with Crippen molar-refractivity contribution < 1.29 is 19.0 Å². The topological polar surface area (TPSA) is 87.5 Å². The molecule has 1 aliphatic heterocycles. The van der Waals surface area contributed by atoms with Gasteiger partial charge in [-0.05, 0) is 51.0 Å².